The number of halogens is 2. The van der Waals surface area contributed by atoms with Crippen LogP contribution < -0.4 is 0 Å². The third-order valence-corrected chi connectivity index (χ3v) is 4.31. The second-order valence-corrected chi connectivity index (χ2v) is 5.54. The molecule has 0 bridgehead atoms. The number of fused-ring (bicyclic) bond motifs is 1. The summed E-state index contributed by atoms with van der Waals surface area (Å²) in [6.45, 7) is 3.73. The number of benzene rings is 1. The Hall–Kier alpha value is -1.13. The van der Waals surface area contributed by atoms with Crippen molar-refractivity contribution >= 4 is 22.6 Å². The first-order valence-corrected chi connectivity index (χ1v) is 7.58. The molecule has 5 heteroatoms. The van der Waals surface area contributed by atoms with Gasteiger partial charge in [-0.3, -0.25) is 0 Å². The predicted octanol–water partition coefficient (Wildman–Crippen LogP) is 3.73. The summed E-state index contributed by atoms with van der Waals surface area (Å²) in [5.74, 6) is 1.34. The number of imidazole rings is 1. The second kappa shape index (κ2) is 5.70. The number of rotatable bonds is 4. The van der Waals surface area contributed by atoms with Crippen LogP contribution in [-0.2, 0) is 17.2 Å². The van der Waals surface area contributed by atoms with Crippen molar-refractivity contribution < 1.29 is 9.13 Å². The summed E-state index contributed by atoms with van der Waals surface area (Å²) in [6, 6.07) is 4.68. The van der Waals surface area contributed by atoms with Gasteiger partial charge in [-0.1, -0.05) is 6.92 Å². The summed E-state index contributed by atoms with van der Waals surface area (Å²) in [4.78, 5) is 4.49. The number of hydrogen-bond acceptors (Lipinski definition) is 2. The maximum absolute atomic E-state index is 13.5. The summed E-state index contributed by atoms with van der Waals surface area (Å²) in [6.07, 6.45) is 2.32. The molecule has 2 heterocycles. The Balaban J connectivity index is 1.98. The molecule has 108 valence electrons. The van der Waals surface area contributed by atoms with Gasteiger partial charge in [-0.05, 0) is 31.0 Å². The Bertz CT molecular complexity index is 613. The van der Waals surface area contributed by atoms with Gasteiger partial charge in [0.05, 0.1) is 23.0 Å². The van der Waals surface area contributed by atoms with Crippen molar-refractivity contribution in [2.75, 3.05) is 6.61 Å². The number of alkyl halides is 1. The predicted molar refractivity (Wildman–Crippen MR) is 77.4 cm³/mol. The van der Waals surface area contributed by atoms with Crippen molar-refractivity contribution in [1.82, 2.24) is 9.55 Å². The molecular weight excluding hydrogens is 279 g/mol. The van der Waals surface area contributed by atoms with Crippen molar-refractivity contribution in [3.63, 3.8) is 0 Å². The van der Waals surface area contributed by atoms with E-state index in [2.05, 4.69) is 11.9 Å². The van der Waals surface area contributed by atoms with Crippen LogP contribution in [0.2, 0.25) is 0 Å². The molecule has 3 nitrogen and oxygen atoms in total. The molecule has 1 aliphatic heterocycles. The third-order valence-electron chi connectivity index (χ3n) is 4.07. The molecule has 20 heavy (non-hydrogen) atoms. The van der Waals surface area contributed by atoms with Crippen LogP contribution in [0.5, 0.6) is 0 Å². The van der Waals surface area contributed by atoms with Crippen LogP contribution in [0.15, 0.2) is 18.2 Å². The third kappa shape index (κ3) is 2.42. The van der Waals surface area contributed by atoms with E-state index in [1.165, 1.54) is 12.1 Å². The molecule has 0 radical (unpaired) electrons. The van der Waals surface area contributed by atoms with Crippen LogP contribution in [0.25, 0.3) is 11.0 Å². The number of aromatic nitrogens is 2. The zero-order valence-electron chi connectivity index (χ0n) is 11.5. The fourth-order valence-corrected chi connectivity index (χ4v) is 3.24. The van der Waals surface area contributed by atoms with Gasteiger partial charge in [0.2, 0.25) is 0 Å². The van der Waals surface area contributed by atoms with Crippen molar-refractivity contribution in [1.29, 1.82) is 0 Å². The summed E-state index contributed by atoms with van der Waals surface area (Å²) in [5.41, 5.74) is 1.62. The van der Waals surface area contributed by atoms with E-state index >= 15 is 0 Å². The lowest BCUT2D eigenvalue weighted by Gasteiger charge is -2.19. The highest BCUT2D eigenvalue weighted by molar-refractivity contribution is 6.16. The number of ether oxygens (including phenoxy) is 1. The maximum Gasteiger partial charge on any atom is 0.125 e. The molecule has 2 aromatic rings. The molecule has 2 atom stereocenters. The van der Waals surface area contributed by atoms with E-state index in [1.807, 2.05) is 4.57 Å². The molecule has 1 fully saturated rings. The lowest BCUT2D eigenvalue weighted by atomic mass is 9.99. The van der Waals surface area contributed by atoms with Crippen molar-refractivity contribution in [2.24, 2.45) is 5.92 Å². The fourth-order valence-electron chi connectivity index (χ4n) is 3.04. The zero-order chi connectivity index (χ0) is 14.1. The lowest BCUT2D eigenvalue weighted by molar-refractivity contribution is 0.0836. The van der Waals surface area contributed by atoms with Gasteiger partial charge in [-0.15, -0.1) is 11.6 Å². The van der Waals surface area contributed by atoms with E-state index in [0.29, 0.717) is 11.8 Å². The lowest BCUT2D eigenvalue weighted by Crippen LogP contribution is -2.21. The van der Waals surface area contributed by atoms with Crippen LogP contribution in [0, 0.1) is 11.7 Å². The standard InChI is InChI=1S/C15H18ClFN2O/c1-2-14-10(5-6-20-14)9-19-13-7-11(17)3-4-12(13)18-15(19)8-16/h3-4,7,10,14H,2,5-6,8-9H2,1H3. The minimum atomic E-state index is -0.241. The Kier molecular flexibility index (Phi) is 3.94. The van der Waals surface area contributed by atoms with Gasteiger partial charge in [0.1, 0.15) is 11.6 Å². The number of nitrogens with zero attached hydrogens (tertiary/aromatic N) is 2. The average molecular weight is 297 g/mol. The van der Waals surface area contributed by atoms with Crippen LogP contribution >= 0.6 is 11.6 Å². The molecule has 1 saturated heterocycles. The van der Waals surface area contributed by atoms with E-state index in [-0.39, 0.29) is 11.9 Å². The van der Waals surface area contributed by atoms with Gasteiger partial charge < -0.3 is 9.30 Å². The summed E-state index contributed by atoms with van der Waals surface area (Å²) in [5, 5.41) is 0. The smallest absolute Gasteiger partial charge is 0.125 e. The first kappa shape index (κ1) is 13.8. The van der Waals surface area contributed by atoms with Gasteiger partial charge in [0, 0.05) is 19.1 Å². The first-order valence-electron chi connectivity index (χ1n) is 7.05. The molecule has 3 rings (SSSR count). The molecule has 0 N–H and O–H groups in total. The van der Waals surface area contributed by atoms with E-state index in [0.717, 1.165) is 42.9 Å². The van der Waals surface area contributed by atoms with Gasteiger partial charge in [0.15, 0.2) is 0 Å². The Morgan fingerprint density at radius 1 is 1.50 bits per heavy atom. The van der Waals surface area contributed by atoms with E-state index < -0.39 is 0 Å². The molecular formula is C15H18ClFN2O. The Morgan fingerprint density at radius 3 is 3.10 bits per heavy atom. The second-order valence-electron chi connectivity index (χ2n) is 5.27. The first-order chi connectivity index (χ1) is 9.72. The summed E-state index contributed by atoms with van der Waals surface area (Å²) >= 11 is 5.99. The van der Waals surface area contributed by atoms with Gasteiger partial charge in [0.25, 0.3) is 0 Å². The largest absolute Gasteiger partial charge is 0.378 e. The molecule has 0 saturated carbocycles. The van der Waals surface area contributed by atoms with Gasteiger partial charge >= 0.3 is 0 Å². The van der Waals surface area contributed by atoms with Crippen LogP contribution in [0.1, 0.15) is 25.6 Å². The van der Waals surface area contributed by atoms with E-state index in [4.69, 9.17) is 16.3 Å². The van der Waals surface area contributed by atoms with E-state index in [1.54, 1.807) is 6.07 Å². The minimum absolute atomic E-state index is 0.241. The van der Waals surface area contributed by atoms with Crippen molar-refractivity contribution in [2.45, 2.75) is 38.3 Å². The van der Waals surface area contributed by atoms with Crippen molar-refractivity contribution in [3.05, 3.63) is 29.8 Å². The molecule has 1 aromatic heterocycles. The Morgan fingerprint density at radius 2 is 2.35 bits per heavy atom. The zero-order valence-corrected chi connectivity index (χ0v) is 12.2. The molecule has 0 spiro atoms. The molecule has 1 aromatic carbocycles. The summed E-state index contributed by atoms with van der Waals surface area (Å²) in [7, 11) is 0. The normalized spacial score (nSPS) is 22.8. The van der Waals surface area contributed by atoms with Gasteiger partial charge in [-0.2, -0.15) is 0 Å². The van der Waals surface area contributed by atoms with Crippen LogP contribution in [-0.4, -0.2) is 22.3 Å². The highest BCUT2D eigenvalue weighted by atomic mass is 35.5. The molecule has 2 unspecified atom stereocenters. The van der Waals surface area contributed by atoms with E-state index in [9.17, 15) is 4.39 Å². The quantitative estimate of drug-likeness (QED) is 0.804. The topological polar surface area (TPSA) is 27.1 Å². The molecule has 0 aliphatic carbocycles. The highest BCUT2D eigenvalue weighted by Gasteiger charge is 2.28. The highest BCUT2D eigenvalue weighted by Crippen LogP contribution is 2.28. The van der Waals surface area contributed by atoms with Crippen LogP contribution in [0.3, 0.4) is 0 Å². The van der Waals surface area contributed by atoms with Gasteiger partial charge in [-0.25, -0.2) is 9.37 Å². The molecule has 1 aliphatic rings. The summed E-state index contributed by atoms with van der Waals surface area (Å²) < 4.78 is 21.3. The Labute approximate surface area is 122 Å². The minimum Gasteiger partial charge on any atom is -0.378 e. The van der Waals surface area contributed by atoms with Crippen LogP contribution in [0.4, 0.5) is 4.39 Å². The maximum atomic E-state index is 13.5. The van der Waals surface area contributed by atoms with Crippen molar-refractivity contribution in [3.8, 4) is 0 Å². The SMILES string of the molecule is CCC1OCCC1Cn1c(CCl)nc2ccc(F)cc21. The number of hydrogen-bond donors (Lipinski definition) is 0. The average Bonchev–Trinajstić information content (AvgIpc) is 3.04. The molecule has 0 amide bonds. The monoisotopic (exact) mass is 296 g/mol. The fraction of sp³-hybridized carbons (Fsp3) is 0.533.